The maximum absolute atomic E-state index is 11.9. The molecule has 0 aliphatic heterocycles. The number of furan rings is 1. The van der Waals surface area contributed by atoms with Crippen LogP contribution < -0.4 is 9.47 Å². The third kappa shape index (κ3) is 5.90. The second-order valence-electron chi connectivity index (χ2n) is 5.77. The van der Waals surface area contributed by atoms with Crippen molar-refractivity contribution >= 4 is 44.5 Å². The van der Waals surface area contributed by atoms with Crippen molar-refractivity contribution in [3.8, 4) is 11.5 Å². The van der Waals surface area contributed by atoms with Gasteiger partial charge >= 0.3 is 5.97 Å². The van der Waals surface area contributed by atoms with Crippen LogP contribution in [0.4, 0.5) is 0 Å². The Hall–Kier alpha value is -2.18. The number of rotatable bonds is 7. The molecule has 3 aromatic rings. The van der Waals surface area contributed by atoms with Crippen LogP contribution in [0.1, 0.15) is 31.9 Å². The van der Waals surface area contributed by atoms with E-state index in [2.05, 4.69) is 15.9 Å². The zero-order valence-electron chi connectivity index (χ0n) is 16.9. The number of carbonyl (C=O) groups excluding carboxylic acids is 1. The number of carbonyl (C=O) groups is 1. The Morgan fingerprint density at radius 2 is 1.93 bits per heavy atom. The maximum Gasteiger partial charge on any atom is 0.310 e. The number of fused-ring (bicyclic) bond motifs is 1. The van der Waals surface area contributed by atoms with E-state index in [0.717, 1.165) is 21.0 Å². The zero-order valence-corrected chi connectivity index (χ0v) is 19.2. The van der Waals surface area contributed by atoms with Gasteiger partial charge in [0.2, 0.25) is 0 Å². The van der Waals surface area contributed by atoms with Crippen LogP contribution in [0.5, 0.6) is 11.5 Å². The summed E-state index contributed by atoms with van der Waals surface area (Å²) in [7, 11) is 1.58. The molecule has 0 bridgehead atoms. The minimum atomic E-state index is -0.308. The van der Waals surface area contributed by atoms with Crippen molar-refractivity contribution in [2.24, 2.45) is 0 Å². The lowest BCUT2D eigenvalue weighted by Crippen LogP contribution is -2.09. The van der Waals surface area contributed by atoms with Crippen LogP contribution in [-0.2, 0) is 22.6 Å². The topological polar surface area (TPSA) is 57.9 Å². The summed E-state index contributed by atoms with van der Waals surface area (Å²) in [5, 5.41) is 1.46. The highest BCUT2D eigenvalue weighted by molar-refractivity contribution is 9.10. The summed E-state index contributed by atoms with van der Waals surface area (Å²) in [5.74, 6) is 0.885. The van der Waals surface area contributed by atoms with E-state index in [1.807, 2.05) is 19.9 Å². The lowest BCUT2D eigenvalue weighted by molar-refractivity contribution is -0.142. The molecule has 0 aliphatic rings. The summed E-state index contributed by atoms with van der Waals surface area (Å²) in [4.78, 5) is 11.9. The molecule has 0 fully saturated rings. The minimum absolute atomic E-state index is 0.122. The van der Waals surface area contributed by atoms with Gasteiger partial charge in [-0.1, -0.05) is 31.5 Å². The molecule has 0 atom stereocenters. The van der Waals surface area contributed by atoms with Gasteiger partial charge in [0.25, 0.3) is 0 Å². The zero-order chi connectivity index (χ0) is 21.4. The Morgan fingerprint density at radius 3 is 2.62 bits per heavy atom. The molecule has 7 heteroatoms. The lowest BCUT2D eigenvalue weighted by Gasteiger charge is -2.12. The number of ether oxygens (including phenoxy) is 3. The van der Waals surface area contributed by atoms with E-state index >= 15 is 0 Å². The summed E-state index contributed by atoms with van der Waals surface area (Å²) in [6.07, 6.45) is 1.76. The second-order valence-corrected chi connectivity index (χ2v) is 7.06. The summed E-state index contributed by atoms with van der Waals surface area (Å²) in [6.45, 7) is 6.36. The molecular formula is C22H24BrClO5. The molecule has 5 nitrogen and oxygen atoms in total. The molecule has 0 radical (unpaired) electrons. The third-order valence-electron chi connectivity index (χ3n) is 3.97. The van der Waals surface area contributed by atoms with Crippen LogP contribution in [0.15, 0.2) is 45.5 Å². The summed E-state index contributed by atoms with van der Waals surface area (Å²) < 4.78 is 22.7. The van der Waals surface area contributed by atoms with E-state index in [1.165, 1.54) is 0 Å². The molecule has 1 aromatic heterocycles. The van der Waals surface area contributed by atoms with Crippen LogP contribution >= 0.6 is 27.5 Å². The normalized spacial score (nSPS) is 10.3. The highest BCUT2D eigenvalue weighted by atomic mass is 79.9. The number of halogens is 2. The first kappa shape index (κ1) is 23.1. The average Bonchev–Trinajstić information content (AvgIpc) is 3.12. The fourth-order valence-electron chi connectivity index (χ4n) is 2.69. The monoisotopic (exact) mass is 482 g/mol. The fourth-order valence-corrected chi connectivity index (χ4v) is 3.59. The largest absolute Gasteiger partial charge is 0.497 e. The van der Waals surface area contributed by atoms with Crippen molar-refractivity contribution in [2.75, 3.05) is 13.7 Å². The first-order valence-electron chi connectivity index (χ1n) is 9.32. The Labute approximate surface area is 184 Å². The first-order chi connectivity index (χ1) is 14.0. The van der Waals surface area contributed by atoms with Crippen LogP contribution in [0.25, 0.3) is 11.0 Å². The van der Waals surface area contributed by atoms with Crippen molar-refractivity contribution in [3.05, 3.63) is 57.2 Å². The molecule has 0 amide bonds. The number of benzene rings is 2. The SMILES string of the molecule is CC.CCOC(=O)Cc1ccc(OC)cc1OCc1coc2c(Br)cc(Cl)cc12. The number of esters is 1. The predicted octanol–water partition coefficient (Wildman–Crippen LogP) is 6.57. The summed E-state index contributed by atoms with van der Waals surface area (Å²) in [6, 6.07) is 8.93. The van der Waals surface area contributed by atoms with Crippen molar-refractivity contribution < 1.29 is 23.4 Å². The minimum Gasteiger partial charge on any atom is -0.497 e. The molecule has 0 saturated carbocycles. The van der Waals surface area contributed by atoms with Crippen molar-refractivity contribution in [1.82, 2.24) is 0 Å². The second kappa shape index (κ2) is 11.1. The molecule has 156 valence electrons. The van der Waals surface area contributed by atoms with Gasteiger partial charge in [0, 0.05) is 27.6 Å². The van der Waals surface area contributed by atoms with E-state index in [0.29, 0.717) is 28.7 Å². The first-order valence-corrected chi connectivity index (χ1v) is 10.5. The van der Waals surface area contributed by atoms with E-state index in [9.17, 15) is 4.79 Å². The van der Waals surface area contributed by atoms with Gasteiger partial charge in [-0.2, -0.15) is 0 Å². The fraction of sp³-hybridized carbons (Fsp3) is 0.318. The van der Waals surface area contributed by atoms with Crippen molar-refractivity contribution in [3.63, 3.8) is 0 Å². The highest BCUT2D eigenvalue weighted by Gasteiger charge is 2.14. The van der Waals surface area contributed by atoms with Gasteiger partial charge in [0.05, 0.1) is 30.9 Å². The molecule has 0 saturated heterocycles. The molecule has 3 rings (SSSR count). The van der Waals surface area contributed by atoms with Crippen LogP contribution in [0.2, 0.25) is 5.02 Å². The lowest BCUT2D eigenvalue weighted by atomic mass is 10.1. The van der Waals surface area contributed by atoms with E-state index in [1.54, 1.807) is 44.6 Å². The molecule has 1 heterocycles. The van der Waals surface area contributed by atoms with Gasteiger partial charge in [-0.3, -0.25) is 4.79 Å². The van der Waals surface area contributed by atoms with Crippen LogP contribution in [0.3, 0.4) is 0 Å². The summed E-state index contributed by atoms with van der Waals surface area (Å²) in [5.41, 5.74) is 2.27. The standard InChI is InChI=1S/C20H18BrClO5.C2H6/c1-3-25-19(23)6-12-4-5-15(24-2)9-18(12)26-10-13-11-27-20-16(13)7-14(22)8-17(20)21;1-2/h4-5,7-9,11H,3,6,10H2,1-2H3;1-2H3. The number of methoxy groups -OCH3 is 1. The van der Waals surface area contributed by atoms with Gasteiger partial charge < -0.3 is 18.6 Å². The molecule has 0 N–H and O–H groups in total. The molecule has 0 spiro atoms. The van der Waals surface area contributed by atoms with E-state index < -0.39 is 0 Å². The van der Waals surface area contributed by atoms with Gasteiger partial charge in [-0.05, 0) is 41.1 Å². The Balaban J connectivity index is 0.00000145. The molecule has 2 aromatic carbocycles. The molecule has 0 aliphatic carbocycles. The number of hydrogen-bond acceptors (Lipinski definition) is 5. The van der Waals surface area contributed by atoms with Crippen LogP contribution in [0, 0.1) is 0 Å². The maximum atomic E-state index is 11.9. The average molecular weight is 484 g/mol. The predicted molar refractivity (Wildman–Crippen MR) is 118 cm³/mol. The van der Waals surface area contributed by atoms with E-state index in [-0.39, 0.29) is 19.0 Å². The third-order valence-corrected chi connectivity index (χ3v) is 4.78. The highest BCUT2D eigenvalue weighted by Crippen LogP contribution is 2.33. The Morgan fingerprint density at radius 1 is 1.17 bits per heavy atom. The van der Waals surface area contributed by atoms with Crippen molar-refractivity contribution in [2.45, 2.75) is 33.8 Å². The molecule has 29 heavy (non-hydrogen) atoms. The van der Waals surface area contributed by atoms with Gasteiger partial charge in [-0.15, -0.1) is 0 Å². The molecule has 0 unspecified atom stereocenters. The van der Waals surface area contributed by atoms with Gasteiger partial charge in [0.15, 0.2) is 0 Å². The molecular weight excluding hydrogens is 460 g/mol. The van der Waals surface area contributed by atoms with Gasteiger partial charge in [0.1, 0.15) is 23.7 Å². The quantitative estimate of drug-likeness (QED) is 0.356. The smallest absolute Gasteiger partial charge is 0.310 e. The van der Waals surface area contributed by atoms with Crippen LogP contribution in [-0.4, -0.2) is 19.7 Å². The van der Waals surface area contributed by atoms with E-state index in [4.69, 9.17) is 30.2 Å². The van der Waals surface area contributed by atoms with Gasteiger partial charge in [-0.25, -0.2) is 0 Å². The summed E-state index contributed by atoms with van der Waals surface area (Å²) >= 11 is 9.58. The van der Waals surface area contributed by atoms with Crippen molar-refractivity contribution in [1.29, 1.82) is 0 Å². The Kier molecular flexibility index (Phi) is 8.86. The number of hydrogen-bond donors (Lipinski definition) is 0. The Bertz CT molecular complexity index is 967.